The van der Waals surface area contributed by atoms with Crippen LogP contribution >= 0.6 is 0 Å². The molecular weight excluding hydrogens is 543 g/mol. The fourth-order valence-corrected chi connectivity index (χ4v) is 1.76. The van der Waals surface area contributed by atoms with Crippen LogP contribution in [0.4, 0.5) is 92.2 Å². The van der Waals surface area contributed by atoms with E-state index in [0.29, 0.717) is 0 Å². The molecule has 199 valence electrons. The van der Waals surface area contributed by atoms with E-state index in [-0.39, 0.29) is 0 Å². The van der Waals surface area contributed by atoms with Crippen LogP contribution in [0.1, 0.15) is 6.92 Å². The quantitative estimate of drug-likeness (QED) is 0.249. The molecule has 0 bridgehead atoms. The van der Waals surface area contributed by atoms with Gasteiger partial charge < -0.3 is 0 Å². The fraction of sp³-hybridized carbons (Fsp3) is 0.917. The number of hydrogen-bond donors (Lipinski definition) is 0. The van der Waals surface area contributed by atoms with Crippen LogP contribution in [0, 0.1) is 6.43 Å². The van der Waals surface area contributed by atoms with Gasteiger partial charge in [-0.2, -0.15) is 87.8 Å². The van der Waals surface area contributed by atoms with Gasteiger partial charge in [-0.05, 0) is 6.92 Å². The van der Waals surface area contributed by atoms with Crippen LogP contribution < -0.4 is 0 Å². The van der Waals surface area contributed by atoms with E-state index in [0.717, 1.165) is 0 Å². The van der Waals surface area contributed by atoms with Crippen molar-refractivity contribution in [1.82, 2.24) is 0 Å². The molecular formula is C12H4F21. The van der Waals surface area contributed by atoms with Gasteiger partial charge >= 0.3 is 59.7 Å². The summed E-state index contributed by atoms with van der Waals surface area (Å²) < 4.78 is 271. The number of alkyl halides is 19. The second-order valence-corrected chi connectivity index (χ2v) is 6.09. The molecule has 0 aliphatic carbocycles. The van der Waals surface area contributed by atoms with E-state index < -0.39 is 72.8 Å². The molecule has 0 rings (SSSR count). The Morgan fingerprint density at radius 2 is 0.636 bits per heavy atom. The summed E-state index contributed by atoms with van der Waals surface area (Å²) in [7, 11) is 0. The minimum atomic E-state index is -9.08. The molecule has 0 heterocycles. The van der Waals surface area contributed by atoms with E-state index in [2.05, 4.69) is 0 Å². The van der Waals surface area contributed by atoms with E-state index in [1.807, 2.05) is 0 Å². The van der Waals surface area contributed by atoms with Crippen molar-refractivity contribution in [3.63, 3.8) is 0 Å². The smallest absolute Gasteiger partial charge is 0.241 e. The van der Waals surface area contributed by atoms with Crippen molar-refractivity contribution in [2.75, 3.05) is 0 Å². The van der Waals surface area contributed by atoms with Crippen molar-refractivity contribution >= 4 is 0 Å². The Hall–Kier alpha value is -1.47. The Kier molecular flexibility index (Phi) is 7.43. The molecule has 0 spiro atoms. The predicted molar refractivity (Wildman–Crippen MR) is 60.6 cm³/mol. The van der Waals surface area contributed by atoms with Crippen molar-refractivity contribution < 1.29 is 92.2 Å². The van der Waals surface area contributed by atoms with Gasteiger partial charge in [-0.1, -0.05) is 0 Å². The maximum Gasteiger partial charge on any atom is 0.385 e. The lowest BCUT2D eigenvalue weighted by Crippen LogP contribution is -2.76. The Balaban J connectivity index is 7.00. The number of halogens is 21. The van der Waals surface area contributed by atoms with Crippen molar-refractivity contribution in [2.24, 2.45) is 0 Å². The minimum Gasteiger partial charge on any atom is -0.241 e. The second-order valence-electron chi connectivity index (χ2n) is 6.09. The highest BCUT2D eigenvalue weighted by Crippen LogP contribution is 2.66. The Labute approximate surface area is 166 Å². The first-order chi connectivity index (χ1) is 13.9. The van der Waals surface area contributed by atoms with E-state index in [4.69, 9.17) is 0 Å². The van der Waals surface area contributed by atoms with Crippen LogP contribution in [-0.4, -0.2) is 59.5 Å². The van der Waals surface area contributed by atoms with Crippen LogP contribution in [0.15, 0.2) is 0 Å². The van der Waals surface area contributed by atoms with Crippen LogP contribution in [-0.2, 0) is 0 Å². The van der Waals surface area contributed by atoms with Gasteiger partial charge in [0.15, 0.2) is 6.17 Å². The first-order valence-corrected chi connectivity index (χ1v) is 7.11. The van der Waals surface area contributed by atoms with Gasteiger partial charge in [0, 0.05) is 0 Å². The summed E-state index contributed by atoms with van der Waals surface area (Å²) in [5.41, 5.74) is 0. The zero-order valence-electron chi connectivity index (χ0n) is 14.5. The van der Waals surface area contributed by atoms with Crippen LogP contribution in [0.25, 0.3) is 0 Å². The maximum absolute atomic E-state index is 13.3. The third-order valence-corrected chi connectivity index (χ3v) is 3.92. The summed E-state index contributed by atoms with van der Waals surface area (Å²) in [6.07, 6.45) is -9.87. The van der Waals surface area contributed by atoms with Crippen molar-refractivity contribution in [3.8, 4) is 0 Å². The Morgan fingerprint density at radius 1 is 0.424 bits per heavy atom. The molecule has 0 saturated carbocycles. The summed E-state index contributed by atoms with van der Waals surface area (Å²) in [5, 5.41) is 0. The lowest BCUT2D eigenvalue weighted by molar-refractivity contribution is -0.464. The molecule has 0 amide bonds. The highest BCUT2D eigenvalue weighted by atomic mass is 19.4. The number of hydrogen-bond acceptors (Lipinski definition) is 0. The van der Waals surface area contributed by atoms with Crippen LogP contribution in [0.2, 0.25) is 0 Å². The molecule has 0 aliphatic rings. The van der Waals surface area contributed by atoms with Crippen molar-refractivity contribution in [2.45, 2.75) is 66.4 Å². The molecule has 33 heavy (non-hydrogen) atoms. The average Bonchev–Trinajstić information content (AvgIpc) is 2.59. The topological polar surface area (TPSA) is 0 Å². The van der Waals surface area contributed by atoms with E-state index in [1.54, 1.807) is 0 Å². The standard InChI is InChI=1S/C12H4F21/c1-2(13)4(16,17)6(20,21)8(24,25)10(28,29)12(32,33)11(30,31)9(26,27)7(22,23)5(18,19)3(14)15/h2H,1H3. The fourth-order valence-electron chi connectivity index (χ4n) is 1.76. The molecule has 0 N–H and O–H groups in total. The third-order valence-electron chi connectivity index (χ3n) is 3.92. The Bertz CT molecular complexity index is 642. The molecule has 1 atom stereocenters. The normalized spacial score (nSPS) is 17.5. The molecule has 0 nitrogen and oxygen atoms in total. The monoisotopic (exact) mass is 547 g/mol. The van der Waals surface area contributed by atoms with Crippen molar-refractivity contribution in [3.05, 3.63) is 6.43 Å². The SMILES string of the molecule is CC(F)C(F)(F)C(F)(F)C(F)(F)C(F)(F)C(F)(F)C(F)(F)C(F)(F)C(F)(F)C(F)(F)[C](F)F. The zero-order valence-corrected chi connectivity index (χ0v) is 14.5. The second kappa shape index (κ2) is 7.77. The summed E-state index contributed by atoms with van der Waals surface area (Å²) >= 11 is 0. The van der Waals surface area contributed by atoms with Crippen molar-refractivity contribution in [1.29, 1.82) is 0 Å². The largest absolute Gasteiger partial charge is 0.385 e. The van der Waals surface area contributed by atoms with E-state index in [9.17, 15) is 92.2 Å². The van der Waals surface area contributed by atoms with Crippen LogP contribution in [0.5, 0.6) is 0 Å². The summed E-state index contributed by atoms with van der Waals surface area (Å²) in [5.74, 6) is -76.3. The van der Waals surface area contributed by atoms with E-state index in [1.165, 1.54) is 0 Å². The lowest BCUT2D eigenvalue weighted by atomic mass is 9.86. The molecule has 21 heteroatoms. The van der Waals surface area contributed by atoms with Gasteiger partial charge in [0.25, 0.3) is 0 Å². The van der Waals surface area contributed by atoms with Gasteiger partial charge in [0.2, 0.25) is 0 Å². The molecule has 0 aromatic rings. The molecule has 0 fully saturated rings. The van der Waals surface area contributed by atoms with Crippen LogP contribution in [0.3, 0.4) is 0 Å². The summed E-state index contributed by atoms with van der Waals surface area (Å²) in [4.78, 5) is 0. The minimum absolute atomic E-state index is 0.784. The highest BCUT2D eigenvalue weighted by molar-refractivity contribution is 5.18. The molecule has 1 unspecified atom stereocenters. The predicted octanol–water partition coefficient (Wildman–Crippen LogP) is 7.49. The van der Waals surface area contributed by atoms with Gasteiger partial charge in [0.1, 0.15) is 0 Å². The van der Waals surface area contributed by atoms with Gasteiger partial charge in [-0.3, -0.25) is 0 Å². The first kappa shape index (κ1) is 31.5. The first-order valence-electron chi connectivity index (χ1n) is 7.11. The molecule has 0 aliphatic heterocycles. The van der Waals surface area contributed by atoms with Gasteiger partial charge in [0.05, 0.1) is 0 Å². The summed E-state index contributed by atoms with van der Waals surface area (Å²) in [6.45, 7) is -0.784. The average molecular weight is 547 g/mol. The highest BCUT2D eigenvalue weighted by Gasteiger charge is 2.97. The summed E-state index contributed by atoms with van der Waals surface area (Å²) in [6, 6.07) is 0. The molecule has 0 aromatic carbocycles. The molecule has 0 saturated heterocycles. The zero-order chi connectivity index (χ0) is 27.7. The molecule has 1 radical (unpaired) electrons. The maximum atomic E-state index is 13.3. The van der Waals surface area contributed by atoms with Gasteiger partial charge in [-0.15, -0.1) is 0 Å². The number of rotatable bonds is 10. The van der Waals surface area contributed by atoms with Gasteiger partial charge in [-0.25, -0.2) is 4.39 Å². The lowest BCUT2D eigenvalue weighted by Gasteiger charge is -2.44. The van der Waals surface area contributed by atoms with E-state index >= 15 is 0 Å². The third kappa shape index (κ3) is 3.65. The molecule has 0 aromatic heterocycles. The Morgan fingerprint density at radius 3 is 0.848 bits per heavy atom.